The number of carboxylic acid groups (broad SMARTS) is 1. The van der Waals surface area contributed by atoms with Crippen LogP contribution in [-0.2, 0) is 0 Å². The van der Waals surface area contributed by atoms with E-state index in [4.69, 9.17) is 11.6 Å². The maximum Gasteiger partial charge on any atom is 0.337 e. The SMILES string of the molecule is Cc1cc(/C=N\NC(=O)c2cccc(N(C)C)c2)c(C)n1-c1ccc(Cl)c(C(=O)O)c1. The second kappa shape index (κ2) is 9.06. The largest absolute Gasteiger partial charge is 0.478 e. The van der Waals surface area contributed by atoms with Crippen LogP contribution in [0.15, 0.2) is 53.6 Å². The molecule has 7 nitrogen and oxygen atoms in total. The lowest BCUT2D eigenvalue weighted by molar-refractivity contribution is 0.0696. The third-order valence-electron chi connectivity index (χ3n) is 4.90. The molecule has 0 atom stereocenters. The highest BCUT2D eigenvalue weighted by Crippen LogP contribution is 2.24. The smallest absolute Gasteiger partial charge is 0.337 e. The molecule has 1 aromatic heterocycles. The summed E-state index contributed by atoms with van der Waals surface area (Å²) in [7, 11) is 3.82. The van der Waals surface area contributed by atoms with Crippen LogP contribution in [0.2, 0.25) is 5.02 Å². The summed E-state index contributed by atoms with van der Waals surface area (Å²) >= 11 is 5.99. The van der Waals surface area contributed by atoms with Gasteiger partial charge in [-0.3, -0.25) is 4.79 Å². The second-order valence-corrected chi connectivity index (χ2v) is 7.68. The van der Waals surface area contributed by atoms with Crippen LogP contribution in [0.3, 0.4) is 0 Å². The summed E-state index contributed by atoms with van der Waals surface area (Å²) < 4.78 is 1.91. The number of aryl methyl sites for hydroxylation is 1. The van der Waals surface area contributed by atoms with E-state index < -0.39 is 5.97 Å². The minimum Gasteiger partial charge on any atom is -0.478 e. The average Bonchev–Trinajstić information content (AvgIpc) is 3.01. The number of rotatable bonds is 6. The second-order valence-electron chi connectivity index (χ2n) is 7.28. The molecular weight excluding hydrogens is 416 g/mol. The lowest BCUT2D eigenvalue weighted by Gasteiger charge is -2.12. The first-order chi connectivity index (χ1) is 14.7. The minimum absolute atomic E-state index is 0.0362. The molecular formula is C23H23ClN4O3. The minimum atomic E-state index is -1.09. The van der Waals surface area contributed by atoms with E-state index in [1.807, 2.05) is 55.6 Å². The summed E-state index contributed by atoms with van der Waals surface area (Å²) in [6.07, 6.45) is 1.57. The number of hydrogen-bond donors (Lipinski definition) is 2. The Bertz CT molecular complexity index is 1180. The molecule has 2 N–H and O–H groups in total. The maximum absolute atomic E-state index is 12.4. The van der Waals surface area contributed by atoms with Gasteiger partial charge in [0.1, 0.15) is 0 Å². The van der Waals surface area contributed by atoms with Gasteiger partial charge in [0.25, 0.3) is 5.91 Å². The zero-order chi connectivity index (χ0) is 22.7. The molecule has 0 aliphatic carbocycles. The van der Waals surface area contributed by atoms with E-state index in [0.29, 0.717) is 11.3 Å². The maximum atomic E-state index is 12.4. The number of amides is 1. The van der Waals surface area contributed by atoms with Crippen LogP contribution in [-0.4, -0.2) is 41.9 Å². The van der Waals surface area contributed by atoms with Gasteiger partial charge in [0.05, 0.1) is 16.8 Å². The molecule has 0 aliphatic heterocycles. The van der Waals surface area contributed by atoms with Crippen LogP contribution in [0, 0.1) is 13.8 Å². The van der Waals surface area contributed by atoms with Gasteiger partial charge in [0.2, 0.25) is 0 Å². The Morgan fingerprint density at radius 1 is 1.13 bits per heavy atom. The quantitative estimate of drug-likeness (QED) is 0.444. The molecule has 1 heterocycles. The molecule has 0 unspecified atom stereocenters. The van der Waals surface area contributed by atoms with Gasteiger partial charge in [0.15, 0.2) is 0 Å². The molecule has 0 spiro atoms. The number of nitrogens with one attached hydrogen (secondary N) is 1. The fourth-order valence-corrected chi connectivity index (χ4v) is 3.48. The molecule has 0 fully saturated rings. The molecule has 2 aromatic carbocycles. The molecule has 0 saturated carbocycles. The monoisotopic (exact) mass is 438 g/mol. The van der Waals surface area contributed by atoms with Crippen molar-refractivity contribution in [2.24, 2.45) is 5.10 Å². The molecule has 0 bridgehead atoms. The summed E-state index contributed by atoms with van der Waals surface area (Å²) in [4.78, 5) is 25.7. The molecule has 3 rings (SSSR count). The molecule has 160 valence electrons. The summed E-state index contributed by atoms with van der Waals surface area (Å²) in [6, 6.07) is 14.0. The van der Waals surface area contributed by atoms with Crippen molar-refractivity contribution >= 4 is 35.4 Å². The normalized spacial score (nSPS) is 11.0. The van der Waals surface area contributed by atoms with Crippen LogP contribution in [0.1, 0.15) is 37.7 Å². The Morgan fingerprint density at radius 2 is 1.87 bits per heavy atom. The van der Waals surface area contributed by atoms with Crippen molar-refractivity contribution in [2.75, 3.05) is 19.0 Å². The fraction of sp³-hybridized carbons (Fsp3) is 0.174. The Kier molecular flexibility index (Phi) is 6.46. The lowest BCUT2D eigenvalue weighted by Crippen LogP contribution is -2.18. The van der Waals surface area contributed by atoms with E-state index in [1.54, 1.807) is 30.5 Å². The first-order valence-corrected chi connectivity index (χ1v) is 9.89. The van der Waals surface area contributed by atoms with Gasteiger partial charge in [-0.15, -0.1) is 0 Å². The van der Waals surface area contributed by atoms with Crippen LogP contribution in [0.4, 0.5) is 5.69 Å². The summed E-state index contributed by atoms with van der Waals surface area (Å²) in [5.74, 6) is -1.39. The standard InChI is InChI=1S/C23H23ClN4O3/c1-14-10-17(13-25-26-22(29)16-6-5-7-18(11-16)27(3)4)15(2)28(14)19-8-9-21(24)20(12-19)23(30)31/h5-13H,1-4H3,(H,26,29)(H,30,31)/b25-13-. The molecule has 1 amide bonds. The van der Waals surface area contributed by atoms with Crippen molar-refractivity contribution in [1.82, 2.24) is 9.99 Å². The summed E-state index contributed by atoms with van der Waals surface area (Å²) in [6.45, 7) is 3.80. The van der Waals surface area contributed by atoms with Crippen LogP contribution < -0.4 is 10.3 Å². The summed E-state index contributed by atoms with van der Waals surface area (Å²) in [5, 5.41) is 13.6. The van der Waals surface area contributed by atoms with E-state index in [0.717, 1.165) is 22.6 Å². The Balaban J connectivity index is 1.82. The third kappa shape index (κ3) is 4.78. The van der Waals surface area contributed by atoms with Crippen molar-refractivity contribution < 1.29 is 14.7 Å². The molecule has 3 aromatic rings. The zero-order valence-electron chi connectivity index (χ0n) is 17.7. The number of carbonyl (C=O) groups excluding carboxylic acids is 1. The van der Waals surface area contributed by atoms with Crippen molar-refractivity contribution in [3.8, 4) is 5.69 Å². The molecule has 0 radical (unpaired) electrons. The van der Waals surface area contributed by atoms with Crippen molar-refractivity contribution in [3.63, 3.8) is 0 Å². The lowest BCUT2D eigenvalue weighted by atomic mass is 10.2. The Labute approximate surface area is 185 Å². The van der Waals surface area contributed by atoms with Crippen LogP contribution in [0.5, 0.6) is 0 Å². The van der Waals surface area contributed by atoms with Gasteiger partial charge >= 0.3 is 5.97 Å². The van der Waals surface area contributed by atoms with E-state index in [2.05, 4.69) is 10.5 Å². The molecule has 0 saturated heterocycles. The molecule has 8 heteroatoms. The van der Waals surface area contributed by atoms with Gasteiger partial charge in [0, 0.05) is 48.0 Å². The van der Waals surface area contributed by atoms with Crippen LogP contribution in [0.25, 0.3) is 5.69 Å². The van der Waals surface area contributed by atoms with Gasteiger partial charge in [-0.25, -0.2) is 10.2 Å². The van der Waals surface area contributed by atoms with Gasteiger partial charge < -0.3 is 14.6 Å². The van der Waals surface area contributed by atoms with E-state index in [1.165, 1.54) is 6.07 Å². The van der Waals surface area contributed by atoms with E-state index in [-0.39, 0.29) is 16.5 Å². The van der Waals surface area contributed by atoms with Crippen molar-refractivity contribution in [1.29, 1.82) is 0 Å². The van der Waals surface area contributed by atoms with Gasteiger partial charge in [-0.1, -0.05) is 17.7 Å². The highest BCUT2D eigenvalue weighted by atomic mass is 35.5. The Morgan fingerprint density at radius 3 is 2.55 bits per heavy atom. The number of carboxylic acids is 1. The fourth-order valence-electron chi connectivity index (χ4n) is 3.28. The van der Waals surface area contributed by atoms with Gasteiger partial charge in [-0.2, -0.15) is 5.10 Å². The first kappa shape index (κ1) is 22.1. The van der Waals surface area contributed by atoms with E-state index in [9.17, 15) is 14.7 Å². The highest BCUT2D eigenvalue weighted by Gasteiger charge is 2.14. The number of hydrogen-bond acceptors (Lipinski definition) is 4. The number of halogens is 1. The zero-order valence-corrected chi connectivity index (χ0v) is 18.4. The number of aromatic carboxylic acids is 1. The van der Waals surface area contributed by atoms with Gasteiger partial charge in [-0.05, 0) is 56.3 Å². The first-order valence-electron chi connectivity index (χ1n) is 9.52. The highest BCUT2D eigenvalue weighted by molar-refractivity contribution is 6.33. The number of anilines is 1. The number of carbonyl (C=O) groups is 2. The number of aromatic nitrogens is 1. The Hall–Kier alpha value is -3.58. The van der Waals surface area contributed by atoms with Crippen LogP contribution >= 0.6 is 11.6 Å². The summed E-state index contributed by atoms with van der Waals surface area (Å²) in [5.41, 5.74) is 7.24. The molecule has 0 aliphatic rings. The van der Waals surface area contributed by atoms with E-state index >= 15 is 0 Å². The van der Waals surface area contributed by atoms with Crippen molar-refractivity contribution in [2.45, 2.75) is 13.8 Å². The van der Waals surface area contributed by atoms with Crippen molar-refractivity contribution in [3.05, 3.63) is 81.6 Å². The third-order valence-corrected chi connectivity index (χ3v) is 5.23. The number of nitrogens with zero attached hydrogens (tertiary/aromatic N) is 3. The predicted octanol–water partition coefficient (Wildman–Crippen LogP) is 4.28. The number of hydrazone groups is 1. The molecule has 31 heavy (non-hydrogen) atoms. The average molecular weight is 439 g/mol. The number of benzene rings is 2. The predicted molar refractivity (Wildman–Crippen MR) is 123 cm³/mol. The topological polar surface area (TPSA) is 86.9 Å².